The van der Waals surface area contributed by atoms with E-state index in [1.54, 1.807) is 0 Å². The number of nitrogen functional groups attached to an aromatic ring is 1. The van der Waals surface area contributed by atoms with Crippen LogP contribution in [0, 0.1) is 5.41 Å². The highest BCUT2D eigenvalue weighted by molar-refractivity contribution is 5.78. The van der Waals surface area contributed by atoms with Crippen LogP contribution in [0.1, 0.15) is 45.6 Å². The minimum absolute atomic E-state index is 0.243. The molecule has 1 aromatic carbocycles. The predicted molar refractivity (Wildman–Crippen MR) is 72.9 cm³/mol. The van der Waals surface area contributed by atoms with Crippen molar-refractivity contribution in [3.63, 3.8) is 0 Å². The van der Waals surface area contributed by atoms with Crippen molar-refractivity contribution in [2.24, 2.45) is 5.41 Å². The van der Waals surface area contributed by atoms with Crippen molar-refractivity contribution in [1.82, 2.24) is 0 Å². The first-order valence-corrected chi connectivity index (χ1v) is 6.23. The molecule has 0 bridgehead atoms. The van der Waals surface area contributed by atoms with Crippen LogP contribution >= 0.6 is 0 Å². The van der Waals surface area contributed by atoms with Crippen molar-refractivity contribution < 1.29 is 4.79 Å². The summed E-state index contributed by atoms with van der Waals surface area (Å²) >= 11 is 0. The SMILES string of the molecule is CC(C)(C)CCC(=O)CCc1cccc(N)c1. The molecule has 2 heteroatoms. The number of ketones is 1. The first-order valence-electron chi connectivity index (χ1n) is 6.23. The van der Waals surface area contributed by atoms with Crippen molar-refractivity contribution in [2.75, 3.05) is 5.73 Å². The normalized spacial score (nSPS) is 11.5. The molecule has 0 aliphatic rings. The van der Waals surface area contributed by atoms with E-state index in [1.165, 1.54) is 0 Å². The van der Waals surface area contributed by atoms with E-state index in [1.807, 2.05) is 24.3 Å². The van der Waals surface area contributed by atoms with Crippen LogP contribution in [-0.2, 0) is 11.2 Å². The molecule has 0 aromatic heterocycles. The third-order valence-electron chi connectivity index (χ3n) is 2.80. The van der Waals surface area contributed by atoms with Gasteiger partial charge in [-0.2, -0.15) is 0 Å². The van der Waals surface area contributed by atoms with E-state index in [-0.39, 0.29) is 5.41 Å². The van der Waals surface area contributed by atoms with Crippen LogP contribution in [0.2, 0.25) is 0 Å². The fourth-order valence-corrected chi connectivity index (χ4v) is 1.67. The molecule has 1 aromatic rings. The highest BCUT2D eigenvalue weighted by Crippen LogP contribution is 2.21. The highest BCUT2D eigenvalue weighted by atomic mass is 16.1. The van der Waals surface area contributed by atoms with Gasteiger partial charge in [-0.1, -0.05) is 32.9 Å². The molecule has 0 fully saturated rings. The third-order valence-corrected chi connectivity index (χ3v) is 2.80. The van der Waals surface area contributed by atoms with Crippen LogP contribution in [-0.4, -0.2) is 5.78 Å². The topological polar surface area (TPSA) is 43.1 Å². The minimum atomic E-state index is 0.243. The molecule has 17 heavy (non-hydrogen) atoms. The monoisotopic (exact) mass is 233 g/mol. The number of carbonyl (C=O) groups is 1. The second-order valence-electron chi connectivity index (χ2n) is 5.84. The lowest BCUT2D eigenvalue weighted by Gasteiger charge is -2.16. The number of carbonyl (C=O) groups excluding carboxylic acids is 1. The Balaban J connectivity index is 2.33. The lowest BCUT2D eigenvalue weighted by molar-refractivity contribution is -0.119. The maximum atomic E-state index is 11.7. The lowest BCUT2D eigenvalue weighted by Crippen LogP contribution is -2.09. The summed E-state index contributed by atoms with van der Waals surface area (Å²) in [5.41, 5.74) is 7.85. The van der Waals surface area contributed by atoms with Gasteiger partial charge in [0, 0.05) is 18.5 Å². The highest BCUT2D eigenvalue weighted by Gasteiger charge is 2.12. The fourth-order valence-electron chi connectivity index (χ4n) is 1.67. The zero-order valence-electron chi connectivity index (χ0n) is 11.1. The van der Waals surface area contributed by atoms with Gasteiger partial charge in [0.2, 0.25) is 0 Å². The molecular weight excluding hydrogens is 210 g/mol. The predicted octanol–water partition coefficient (Wildman–Crippen LogP) is 3.60. The zero-order valence-corrected chi connectivity index (χ0v) is 11.1. The number of aryl methyl sites for hydroxylation is 1. The summed E-state index contributed by atoms with van der Waals surface area (Å²) in [6, 6.07) is 7.76. The molecular formula is C15H23NO. The summed E-state index contributed by atoms with van der Waals surface area (Å²) in [4.78, 5) is 11.7. The number of hydrogen-bond acceptors (Lipinski definition) is 2. The van der Waals surface area contributed by atoms with Crippen LogP contribution in [0.15, 0.2) is 24.3 Å². The Morgan fingerprint density at radius 3 is 2.53 bits per heavy atom. The lowest BCUT2D eigenvalue weighted by atomic mass is 9.89. The molecule has 0 amide bonds. The van der Waals surface area contributed by atoms with Gasteiger partial charge in [0.05, 0.1) is 0 Å². The summed E-state index contributed by atoms with van der Waals surface area (Å²) < 4.78 is 0. The van der Waals surface area contributed by atoms with Gasteiger partial charge in [0.25, 0.3) is 0 Å². The molecule has 0 heterocycles. The Kier molecular flexibility index (Phi) is 4.73. The van der Waals surface area contributed by atoms with Crippen molar-refractivity contribution >= 4 is 11.5 Å². The Bertz CT molecular complexity index is 377. The average Bonchev–Trinajstić information content (AvgIpc) is 2.23. The van der Waals surface area contributed by atoms with Gasteiger partial charge in [0.15, 0.2) is 0 Å². The fraction of sp³-hybridized carbons (Fsp3) is 0.533. The Labute approximate surface area is 104 Å². The van der Waals surface area contributed by atoms with Crippen LogP contribution in [0.25, 0.3) is 0 Å². The molecule has 0 aliphatic heterocycles. The van der Waals surface area contributed by atoms with E-state index in [0.29, 0.717) is 18.6 Å². The number of nitrogens with two attached hydrogens (primary N) is 1. The molecule has 0 saturated carbocycles. The van der Waals surface area contributed by atoms with E-state index >= 15 is 0 Å². The van der Waals surface area contributed by atoms with Crippen molar-refractivity contribution in [1.29, 1.82) is 0 Å². The summed E-state index contributed by atoms with van der Waals surface area (Å²) in [7, 11) is 0. The van der Waals surface area contributed by atoms with E-state index in [4.69, 9.17) is 5.73 Å². The van der Waals surface area contributed by atoms with Crippen molar-refractivity contribution in [2.45, 2.75) is 46.5 Å². The van der Waals surface area contributed by atoms with E-state index < -0.39 is 0 Å². The second-order valence-corrected chi connectivity index (χ2v) is 5.84. The molecule has 0 spiro atoms. The molecule has 0 radical (unpaired) electrons. The molecule has 0 aliphatic carbocycles. The number of Topliss-reactive ketones (excluding diaryl/α,β-unsaturated/α-hetero) is 1. The molecule has 1 rings (SSSR count). The summed E-state index contributed by atoms with van der Waals surface area (Å²) in [6.45, 7) is 6.49. The molecule has 0 unspecified atom stereocenters. The first kappa shape index (κ1) is 13.8. The minimum Gasteiger partial charge on any atom is -0.399 e. The third kappa shape index (κ3) is 6.10. The van der Waals surface area contributed by atoms with Crippen LogP contribution < -0.4 is 5.73 Å². The van der Waals surface area contributed by atoms with Gasteiger partial charge in [-0.3, -0.25) is 4.79 Å². The van der Waals surface area contributed by atoms with E-state index in [2.05, 4.69) is 20.8 Å². The molecule has 94 valence electrons. The first-order chi connectivity index (χ1) is 7.87. The van der Waals surface area contributed by atoms with Gasteiger partial charge in [0.1, 0.15) is 5.78 Å². The van der Waals surface area contributed by atoms with Gasteiger partial charge in [-0.15, -0.1) is 0 Å². The van der Waals surface area contributed by atoms with Gasteiger partial charge in [-0.05, 0) is 36.0 Å². The van der Waals surface area contributed by atoms with Gasteiger partial charge in [-0.25, -0.2) is 0 Å². The second kappa shape index (κ2) is 5.85. The van der Waals surface area contributed by atoms with Crippen molar-refractivity contribution in [3.05, 3.63) is 29.8 Å². The number of anilines is 1. The van der Waals surface area contributed by atoms with E-state index in [9.17, 15) is 4.79 Å². The quantitative estimate of drug-likeness (QED) is 0.790. The molecule has 2 nitrogen and oxygen atoms in total. The summed E-state index contributed by atoms with van der Waals surface area (Å²) in [5.74, 6) is 0.349. The number of hydrogen-bond donors (Lipinski definition) is 1. The largest absolute Gasteiger partial charge is 0.399 e. The smallest absolute Gasteiger partial charge is 0.133 e. The Morgan fingerprint density at radius 1 is 1.24 bits per heavy atom. The zero-order chi connectivity index (χ0) is 12.9. The maximum absolute atomic E-state index is 11.7. The average molecular weight is 233 g/mol. The number of rotatable bonds is 5. The standard InChI is InChI=1S/C15H23NO/c1-15(2,3)10-9-14(17)8-7-12-5-4-6-13(16)11-12/h4-6,11H,7-10,16H2,1-3H3. The van der Waals surface area contributed by atoms with Crippen LogP contribution in [0.5, 0.6) is 0 Å². The Hall–Kier alpha value is -1.31. The summed E-state index contributed by atoms with van der Waals surface area (Å²) in [6.07, 6.45) is 3.07. The van der Waals surface area contributed by atoms with Crippen molar-refractivity contribution in [3.8, 4) is 0 Å². The van der Waals surface area contributed by atoms with Gasteiger partial charge >= 0.3 is 0 Å². The summed E-state index contributed by atoms with van der Waals surface area (Å²) in [5, 5.41) is 0. The molecule has 0 saturated heterocycles. The van der Waals surface area contributed by atoms with E-state index in [0.717, 1.165) is 24.1 Å². The number of benzene rings is 1. The Morgan fingerprint density at radius 2 is 1.94 bits per heavy atom. The van der Waals surface area contributed by atoms with Gasteiger partial charge < -0.3 is 5.73 Å². The molecule has 2 N–H and O–H groups in total. The van der Waals surface area contributed by atoms with Crippen LogP contribution in [0.3, 0.4) is 0 Å². The van der Waals surface area contributed by atoms with Crippen LogP contribution in [0.4, 0.5) is 5.69 Å². The molecule has 0 atom stereocenters. The maximum Gasteiger partial charge on any atom is 0.133 e.